The summed E-state index contributed by atoms with van der Waals surface area (Å²) >= 11 is 0. The molecule has 1 aliphatic carbocycles. The van der Waals surface area contributed by atoms with Gasteiger partial charge in [-0.25, -0.2) is 13.2 Å². The van der Waals surface area contributed by atoms with Crippen LogP contribution in [0.25, 0.3) is 0 Å². The first-order valence-corrected chi connectivity index (χ1v) is 3.02. The van der Waals surface area contributed by atoms with Gasteiger partial charge in [0.1, 0.15) is 5.83 Å². The van der Waals surface area contributed by atoms with Crippen LogP contribution in [0.1, 0.15) is 12.8 Å². The molecule has 0 aliphatic heterocycles. The van der Waals surface area contributed by atoms with Crippen LogP contribution in [-0.4, -0.2) is 12.1 Å². The maximum Gasteiger partial charge on any atom is 0.331 e. The van der Waals surface area contributed by atoms with Crippen molar-refractivity contribution in [3.63, 3.8) is 0 Å². The molecule has 0 spiro atoms. The number of hydrogen-bond acceptors (Lipinski definition) is 0. The van der Waals surface area contributed by atoms with E-state index in [1.54, 1.807) is 0 Å². The lowest BCUT2D eigenvalue weighted by Crippen LogP contribution is -2.34. The van der Waals surface area contributed by atoms with E-state index in [2.05, 4.69) is 0 Å². The first kappa shape index (κ1) is 8.49. The minimum atomic E-state index is -4.26. The van der Waals surface area contributed by atoms with Crippen LogP contribution in [0.2, 0.25) is 0 Å². The molecule has 0 saturated carbocycles. The van der Waals surface area contributed by atoms with Crippen LogP contribution in [-0.2, 0) is 0 Å². The molecule has 0 saturated heterocycles. The third-order valence-corrected chi connectivity index (χ3v) is 1.54. The Labute approximate surface area is 59.7 Å². The van der Waals surface area contributed by atoms with E-state index < -0.39 is 36.6 Å². The summed E-state index contributed by atoms with van der Waals surface area (Å²) in [6, 6.07) is 0. The van der Waals surface area contributed by atoms with Gasteiger partial charge in [-0.3, -0.25) is 0 Å². The van der Waals surface area contributed by atoms with Crippen LogP contribution < -0.4 is 0 Å². The maximum atomic E-state index is 12.2. The summed E-state index contributed by atoms with van der Waals surface area (Å²) in [6.45, 7) is 0. The second-order valence-corrected chi connectivity index (χ2v) is 2.35. The van der Waals surface area contributed by atoms with Crippen molar-refractivity contribution in [2.45, 2.75) is 24.9 Å². The van der Waals surface area contributed by atoms with Crippen molar-refractivity contribution in [2.24, 2.45) is 0 Å². The third-order valence-electron chi connectivity index (χ3n) is 1.54. The topological polar surface area (TPSA) is 0 Å². The maximum absolute atomic E-state index is 12.2. The van der Waals surface area contributed by atoms with Crippen molar-refractivity contribution in [2.75, 3.05) is 0 Å². The molecule has 1 rings (SSSR count). The second-order valence-electron chi connectivity index (χ2n) is 2.35. The molecule has 5 heteroatoms. The summed E-state index contributed by atoms with van der Waals surface area (Å²) in [5.74, 6) is -8.05. The van der Waals surface area contributed by atoms with E-state index >= 15 is 0 Å². The first-order valence-electron chi connectivity index (χ1n) is 3.02. The lowest BCUT2D eigenvalue weighted by Gasteiger charge is -2.23. The predicted octanol–water partition coefficient (Wildman–Crippen LogP) is 2.90. The molecular weight excluding hydrogens is 167 g/mol. The fraction of sp³-hybridized carbons (Fsp3) is 0.667. The van der Waals surface area contributed by atoms with Crippen LogP contribution in [0.15, 0.2) is 11.7 Å². The second kappa shape index (κ2) is 2.46. The van der Waals surface area contributed by atoms with E-state index in [0.29, 0.717) is 0 Å². The van der Waals surface area contributed by atoms with Crippen molar-refractivity contribution in [3.05, 3.63) is 11.7 Å². The smallest absolute Gasteiger partial charge is 0.240 e. The molecule has 0 fully saturated rings. The Bertz CT molecular complexity index is 195. The van der Waals surface area contributed by atoms with Gasteiger partial charge in [0.2, 0.25) is 5.83 Å². The highest BCUT2D eigenvalue weighted by Crippen LogP contribution is 2.41. The Morgan fingerprint density at radius 1 is 1.27 bits per heavy atom. The summed E-state index contributed by atoms with van der Waals surface area (Å²) in [6.07, 6.45) is -3.84. The number of hydrogen-bond donors (Lipinski definition) is 0. The van der Waals surface area contributed by atoms with E-state index in [1.807, 2.05) is 0 Å². The van der Waals surface area contributed by atoms with Gasteiger partial charge < -0.3 is 0 Å². The summed E-state index contributed by atoms with van der Waals surface area (Å²) in [5.41, 5.74) is 0. The summed E-state index contributed by atoms with van der Waals surface area (Å²) in [4.78, 5) is 0. The molecule has 0 aromatic rings. The van der Waals surface area contributed by atoms with E-state index in [0.717, 1.165) is 0 Å². The summed E-state index contributed by atoms with van der Waals surface area (Å²) < 4.78 is 60.8. The molecule has 11 heavy (non-hydrogen) atoms. The Morgan fingerprint density at radius 2 is 1.82 bits per heavy atom. The molecule has 0 bridgehead atoms. The molecule has 0 aromatic heterocycles. The van der Waals surface area contributed by atoms with Crippen LogP contribution in [0, 0.1) is 0 Å². The Hall–Kier alpha value is -0.610. The molecule has 0 radical (unpaired) electrons. The monoisotopic (exact) mass is 172 g/mol. The van der Waals surface area contributed by atoms with Gasteiger partial charge in [0.05, 0.1) is 0 Å². The van der Waals surface area contributed by atoms with Gasteiger partial charge in [0, 0.05) is 6.42 Å². The molecule has 0 amide bonds. The van der Waals surface area contributed by atoms with E-state index in [1.165, 1.54) is 0 Å². The van der Waals surface area contributed by atoms with Gasteiger partial charge in [-0.2, -0.15) is 8.78 Å². The number of rotatable bonds is 0. The highest BCUT2D eigenvalue weighted by molar-refractivity contribution is 5.16. The zero-order valence-electron chi connectivity index (χ0n) is 5.38. The van der Waals surface area contributed by atoms with Crippen molar-refractivity contribution in [3.8, 4) is 0 Å². The minimum absolute atomic E-state index is 0.581. The zero-order chi connectivity index (χ0) is 8.65. The van der Waals surface area contributed by atoms with Gasteiger partial charge in [-0.1, -0.05) is 0 Å². The molecule has 1 unspecified atom stereocenters. The predicted molar refractivity (Wildman–Crippen MR) is 28.3 cm³/mol. The third kappa shape index (κ3) is 1.23. The fourth-order valence-electron chi connectivity index (χ4n) is 0.863. The molecule has 0 nitrogen and oxygen atoms in total. The standard InChI is InChI=1S/C6H5F5/c7-3-1-2-4(8)6(10,11)5(3)9/h4H,1-2H2. The zero-order valence-corrected chi connectivity index (χ0v) is 5.38. The van der Waals surface area contributed by atoms with E-state index in [9.17, 15) is 22.0 Å². The highest BCUT2D eigenvalue weighted by atomic mass is 19.3. The fourth-order valence-corrected chi connectivity index (χ4v) is 0.863. The molecule has 0 aromatic carbocycles. The summed E-state index contributed by atoms with van der Waals surface area (Å²) in [5, 5.41) is 0. The van der Waals surface area contributed by atoms with Gasteiger partial charge >= 0.3 is 5.92 Å². The molecule has 1 atom stereocenters. The normalized spacial score (nSPS) is 30.8. The molecule has 64 valence electrons. The van der Waals surface area contributed by atoms with E-state index in [-0.39, 0.29) is 0 Å². The van der Waals surface area contributed by atoms with Crippen LogP contribution in [0.5, 0.6) is 0 Å². The SMILES string of the molecule is FC1=C(F)C(F)(F)C(F)CC1. The van der Waals surface area contributed by atoms with Crippen molar-refractivity contribution < 1.29 is 22.0 Å². The van der Waals surface area contributed by atoms with Crippen LogP contribution >= 0.6 is 0 Å². The van der Waals surface area contributed by atoms with Crippen molar-refractivity contribution in [1.82, 2.24) is 0 Å². The van der Waals surface area contributed by atoms with Gasteiger partial charge in [0.15, 0.2) is 6.17 Å². The largest absolute Gasteiger partial charge is 0.331 e. The highest BCUT2D eigenvalue weighted by Gasteiger charge is 2.49. The first-order chi connectivity index (χ1) is 4.96. The van der Waals surface area contributed by atoms with Crippen LogP contribution in [0.3, 0.4) is 0 Å². The van der Waals surface area contributed by atoms with E-state index in [4.69, 9.17) is 0 Å². The van der Waals surface area contributed by atoms with Gasteiger partial charge in [-0.15, -0.1) is 0 Å². The summed E-state index contributed by atoms with van der Waals surface area (Å²) in [7, 11) is 0. The van der Waals surface area contributed by atoms with Gasteiger partial charge in [-0.05, 0) is 6.42 Å². The lowest BCUT2D eigenvalue weighted by atomic mass is 10.0. The minimum Gasteiger partial charge on any atom is -0.240 e. The molecule has 0 N–H and O–H groups in total. The Morgan fingerprint density at radius 3 is 2.27 bits per heavy atom. The van der Waals surface area contributed by atoms with Crippen molar-refractivity contribution in [1.29, 1.82) is 0 Å². The van der Waals surface area contributed by atoms with Gasteiger partial charge in [0.25, 0.3) is 0 Å². The lowest BCUT2D eigenvalue weighted by molar-refractivity contribution is -0.0690. The number of halogens is 5. The number of allylic oxidation sites excluding steroid dienone is 2. The van der Waals surface area contributed by atoms with Crippen LogP contribution in [0.4, 0.5) is 22.0 Å². The quantitative estimate of drug-likeness (QED) is 0.493. The molecular formula is C6H5F5. The number of alkyl halides is 3. The average Bonchev–Trinajstić information content (AvgIpc) is 1.95. The van der Waals surface area contributed by atoms with Crippen molar-refractivity contribution >= 4 is 0 Å². The molecule has 0 heterocycles. The average molecular weight is 172 g/mol. The Kier molecular flexibility index (Phi) is 1.90. The molecule has 1 aliphatic rings. The Balaban J connectivity index is 2.98.